The Labute approximate surface area is 182 Å². The van der Waals surface area contributed by atoms with E-state index in [9.17, 15) is 13.2 Å². The molecule has 0 saturated carbocycles. The van der Waals surface area contributed by atoms with E-state index in [1.165, 1.54) is 12.1 Å². The van der Waals surface area contributed by atoms with E-state index in [1.54, 1.807) is 20.2 Å². The molecule has 1 rings (SSSR count). The number of halogens is 4. The van der Waals surface area contributed by atoms with Crippen LogP contribution in [0.5, 0.6) is 0 Å². The summed E-state index contributed by atoms with van der Waals surface area (Å²) in [5.41, 5.74) is 0.0767. The zero-order chi connectivity index (χ0) is 20.1. The molecule has 2 N–H and O–H groups in total. The summed E-state index contributed by atoms with van der Waals surface area (Å²) in [5, 5.41) is 6.36. The van der Waals surface area contributed by atoms with Crippen molar-refractivity contribution >= 4 is 29.9 Å². The van der Waals surface area contributed by atoms with E-state index < -0.39 is 11.7 Å². The van der Waals surface area contributed by atoms with Crippen LogP contribution in [0.3, 0.4) is 0 Å². The van der Waals surface area contributed by atoms with Crippen LogP contribution >= 0.6 is 24.0 Å². The Morgan fingerprint density at radius 1 is 1.14 bits per heavy atom. The van der Waals surface area contributed by atoms with E-state index in [0.717, 1.165) is 19.0 Å². The van der Waals surface area contributed by atoms with Crippen LogP contribution in [0.15, 0.2) is 29.3 Å². The summed E-state index contributed by atoms with van der Waals surface area (Å²) >= 11 is 0. The number of aliphatic imine (C=N–C) groups is 1. The molecule has 1 aromatic carbocycles. The molecule has 0 amide bonds. The smallest absolute Gasteiger partial charge is 0.382 e. The molecule has 0 fully saturated rings. The van der Waals surface area contributed by atoms with Crippen molar-refractivity contribution in [2.24, 2.45) is 4.99 Å². The average molecular weight is 517 g/mol. The third kappa shape index (κ3) is 11.1. The minimum absolute atomic E-state index is 0. The molecule has 162 valence electrons. The maximum atomic E-state index is 12.8. The molecule has 0 bridgehead atoms. The number of nitrogens with one attached hydrogen (secondary N) is 2. The summed E-state index contributed by atoms with van der Waals surface area (Å²) < 4.78 is 48.7. The van der Waals surface area contributed by atoms with Gasteiger partial charge in [-0.1, -0.05) is 25.1 Å². The maximum absolute atomic E-state index is 12.8. The van der Waals surface area contributed by atoms with E-state index >= 15 is 0 Å². The molecule has 0 aliphatic heterocycles. The molecule has 0 heterocycles. The second-order valence-corrected chi connectivity index (χ2v) is 6.20. The van der Waals surface area contributed by atoms with E-state index in [2.05, 4.69) is 15.6 Å². The molecule has 0 saturated heterocycles. The predicted octanol–water partition coefficient (Wildman–Crippen LogP) is 4.04. The topological polar surface area (TPSA) is 54.9 Å². The number of guanidine groups is 1. The van der Waals surface area contributed by atoms with Gasteiger partial charge in [0.05, 0.1) is 18.8 Å². The molecule has 0 aromatic heterocycles. The van der Waals surface area contributed by atoms with Crippen LogP contribution in [0.1, 0.15) is 36.8 Å². The van der Waals surface area contributed by atoms with Gasteiger partial charge >= 0.3 is 6.18 Å². The average Bonchev–Trinajstić information content (AvgIpc) is 2.65. The SMILES string of the molecule is CN=C(NCCCOCCOC)NCCC(C)c1cccc(C(F)(F)F)c1.I. The second kappa shape index (κ2) is 14.9. The van der Waals surface area contributed by atoms with E-state index in [4.69, 9.17) is 9.47 Å². The number of hydrogen-bond donors (Lipinski definition) is 2. The molecule has 0 spiro atoms. The van der Waals surface area contributed by atoms with Gasteiger partial charge < -0.3 is 20.1 Å². The molecule has 0 aliphatic rings. The number of ether oxygens (including phenoxy) is 2. The summed E-state index contributed by atoms with van der Waals surface area (Å²) in [7, 11) is 3.31. The van der Waals surface area contributed by atoms with Crippen molar-refractivity contribution in [3.63, 3.8) is 0 Å². The van der Waals surface area contributed by atoms with Gasteiger partial charge in [-0.05, 0) is 30.4 Å². The van der Waals surface area contributed by atoms with Crippen molar-refractivity contribution in [2.45, 2.75) is 31.9 Å². The zero-order valence-electron chi connectivity index (χ0n) is 16.6. The lowest BCUT2D eigenvalue weighted by atomic mass is 9.96. The van der Waals surface area contributed by atoms with Crippen LogP contribution in [-0.2, 0) is 15.7 Å². The summed E-state index contributed by atoms with van der Waals surface area (Å²) in [4.78, 5) is 4.14. The normalized spacial score (nSPS) is 13.0. The zero-order valence-corrected chi connectivity index (χ0v) is 19.0. The van der Waals surface area contributed by atoms with Gasteiger partial charge in [-0.25, -0.2) is 0 Å². The molecular weight excluding hydrogens is 486 g/mol. The monoisotopic (exact) mass is 517 g/mol. The minimum Gasteiger partial charge on any atom is -0.382 e. The summed E-state index contributed by atoms with van der Waals surface area (Å²) in [6, 6.07) is 5.51. The lowest BCUT2D eigenvalue weighted by Crippen LogP contribution is -2.38. The fourth-order valence-corrected chi connectivity index (χ4v) is 2.44. The predicted molar refractivity (Wildman–Crippen MR) is 117 cm³/mol. The van der Waals surface area contributed by atoms with E-state index in [0.29, 0.717) is 44.3 Å². The Bertz CT molecular complexity index is 572. The molecule has 1 atom stereocenters. The fraction of sp³-hybridized carbons (Fsp3) is 0.632. The highest BCUT2D eigenvalue weighted by Crippen LogP contribution is 2.31. The third-order valence-corrected chi connectivity index (χ3v) is 4.07. The molecule has 0 aliphatic carbocycles. The van der Waals surface area contributed by atoms with Gasteiger partial charge in [0.25, 0.3) is 0 Å². The lowest BCUT2D eigenvalue weighted by Gasteiger charge is -2.16. The first-order chi connectivity index (χ1) is 12.9. The molecule has 5 nitrogen and oxygen atoms in total. The quantitative estimate of drug-likeness (QED) is 0.202. The van der Waals surface area contributed by atoms with Crippen LogP contribution in [0.4, 0.5) is 13.2 Å². The Hall–Kier alpha value is -1.07. The third-order valence-electron chi connectivity index (χ3n) is 4.07. The number of alkyl halides is 3. The summed E-state index contributed by atoms with van der Waals surface area (Å²) in [5.74, 6) is 0.676. The number of nitrogens with zero attached hydrogens (tertiary/aromatic N) is 1. The van der Waals surface area contributed by atoms with Crippen LogP contribution in [-0.4, -0.2) is 53.0 Å². The number of hydrogen-bond acceptors (Lipinski definition) is 3. The van der Waals surface area contributed by atoms with Gasteiger partial charge in [-0.2, -0.15) is 13.2 Å². The molecule has 28 heavy (non-hydrogen) atoms. The first-order valence-corrected chi connectivity index (χ1v) is 9.06. The summed E-state index contributed by atoms with van der Waals surface area (Å²) in [6.45, 7) is 5.06. The molecule has 0 radical (unpaired) electrons. The standard InChI is InChI=1S/C19H30F3N3O2.HI/c1-15(16-6-4-7-17(14-16)19(20,21)22)8-10-25-18(23-2)24-9-5-11-27-13-12-26-3;/h4,6-7,14-15H,5,8-13H2,1-3H3,(H2,23,24,25);1H. The van der Waals surface area contributed by atoms with Crippen LogP contribution in [0.25, 0.3) is 0 Å². The lowest BCUT2D eigenvalue weighted by molar-refractivity contribution is -0.137. The maximum Gasteiger partial charge on any atom is 0.416 e. The highest BCUT2D eigenvalue weighted by atomic mass is 127. The van der Waals surface area contributed by atoms with Crippen LogP contribution in [0.2, 0.25) is 0 Å². The fourth-order valence-electron chi connectivity index (χ4n) is 2.44. The highest BCUT2D eigenvalue weighted by molar-refractivity contribution is 14.0. The Balaban J connectivity index is 0.00000729. The van der Waals surface area contributed by atoms with Crippen LogP contribution < -0.4 is 10.6 Å². The second-order valence-electron chi connectivity index (χ2n) is 6.20. The van der Waals surface area contributed by atoms with Crippen molar-refractivity contribution in [1.82, 2.24) is 10.6 Å². The number of methoxy groups -OCH3 is 1. The Morgan fingerprint density at radius 3 is 2.50 bits per heavy atom. The van der Waals surface area contributed by atoms with Crippen molar-refractivity contribution in [3.8, 4) is 0 Å². The Kier molecular flexibility index (Phi) is 14.3. The number of benzene rings is 1. The first kappa shape index (κ1) is 26.9. The molecular formula is C19H31F3IN3O2. The van der Waals surface area contributed by atoms with Gasteiger partial charge in [-0.3, -0.25) is 4.99 Å². The van der Waals surface area contributed by atoms with Crippen molar-refractivity contribution in [1.29, 1.82) is 0 Å². The van der Waals surface area contributed by atoms with Crippen molar-refractivity contribution in [3.05, 3.63) is 35.4 Å². The van der Waals surface area contributed by atoms with Gasteiger partial charge in [0.15, 0.2) is 5.96 Å². The van der Waals surface area contributed by atoms with E-state index in [-0.39, 0.29) is 29.9 Å². The van der Waals surface area contributed by atoms with Gasteiger partial charge in [0.1, 0.15) is 0 Å². The first-order valence-electron chi connectivity index (χ1n) is 9.06. The minimum atomic E-state index is -4.31. The molecule has 1 unspecified atom stereocenters. The summed E-state index contributed by atoms with van der Waals surface area (Å²) in [6.07, 6.45) is -2.78. The van der Waals surface area contributed by atoms with Crippen molar-refractivity contribution in [2.75, 3.05) is 47.1 Å². The largest absolute Gasteiger partial charge is 0.416 e. The van der Waals surface area contributed by atoms with Gasteiger partial charge in [-0.15, -0.1) is 24.0 Å². The molecule has 9 heteroatoms. The highest BCUT2D eigenvalue weighted by Gasteiger charge is 2.30. The van der Waals surface area contributed by atoms with E-state index in [1.807, 2.05) is 6.92 Å². The molecule has 1 aromatic rings. The van der Waals surface area contributed by atoms with Gasteiger partial charge in [0.2, 0.25) is 0 Å². The van der Waals surface area contributed by atoms with Gasteiger partial charge in [0, 0.05) is 33.9 Å². The van der Waals surface area contributed by atoms with Crippen LogP contribution in [0, 0.1) is 0 Å². The Morgan fingerprint density at radius 2 is 1.86 bits per heavy atom. The van der Waals surface area contributed by atoms with Crippen molar-refractivity contribution < 1.29 is 22.6 Å². The number of rotatable bonds is 11.